The summed E-state index contributed by atoms with van der Waals surface area (Å²) in [6, 6.07) is 7.22. The van der Waals surface area contributed by atoms with Gasteiger partial charge in [0.1, 0.15) is 5.69 Å². The number of hydrogen-bond acceptors (Lipinski definition) is 4. The first-order valence-electron chi connectivity index (χ1n) is 8.98. The number of carbonyl (C=O) groups excluding carboxylic acids is 3. The third-order valence-electron chi connectivity index (χ3n) is 4.81. The second kappa shape index (κ2) is 7.65. The van der Waals surface area contributed by atoms with Crippen molar-refractivity contribution in [2.45, 2.75) is 33.1 Å². The molecule has 2 amide bonds. The van der Waals surface area contributed by atoms with Crippen LogP contribution in [0, 0.1) is 6.92 Å². The number of methoxy groups -OCH3 is 1. The molecule has 0 aliphatic carbocycles. The van der Waals surface area contributed by atoms with Gasteiger partial charge in [-0.15, -0.1) is 0 Å². The third-order valence-corrected chi connectivity index (χ3v) is 4.81. The molecule has 3 rings (SSSR count). The average Bonchev–Trinajstić information content (AvgIpc) is 3.24. The molecule has 0 saturated carbocycles. The van der Waals surface area contributed by atoms with E-state index in [0.29, 0.717) is 53.3 Å². The van der Waals surface area contributed by atoms with Crippen molar-refractivity contribution in [3.05, 3.63) is 46.8 Å². The highest BCUT2D eigenvalue weighted by Crippen LogP contribution is 2.30. The number of nitrogens with one attached hydrogen (secondary N) is 2. The van der Waals surface area contributed by atoms with Crippen molar-refractivity contribution < 1.29 is 19.1 Å². The lowest BCUT2D eigenvalue weighted by atomic mass is 10.1. The number of ether oxygens (including phenoxy) is 1. The third kappa shape index (κ3) is 3.45. The van der Waals surface area contributed by atoms with E-state index in [0.717, 1.165) is 6.42 Å². The highest BCUT2D eigenvalue weighted by Gasteiger charge is 2.26. The summed E-state index contributed by atoms with van der Waals surface area (Å²) in [4.78, 5) is 41.7. The van der Waals surface area contributed by atoms with Crippen LogP contribution in [0.3, 0.4) is 0 Å². The Kier molecular flexibility index (Phi) is 5.30. The molecule has 1 fully saturated rings. The molecule has 1 aliphatic heterocycles. The fourth-order valence-corrected chi connectivity index (χ4v) is 3.43. The van der Waals surface area contributed by atoms with E-state index in [1.165, 1.54) is 7.11 Å². The van der Waals surface area contributed by atoms with Gasteiger partial charge in [-0.2, -0.15) is 0 Å². The lowest BCUT2D eigenvalue weighted by Gasteiger charge is -2.19. The molecule has 1 saturated heterocycles. The molecule has 2 heterocycles. The van der Waals surface area contributed by atoms with Crippen LogP contribution in [0.4, 0.5) is 11.4 Å². The molecular weight excluding hydrogens is 346 g/mol. The van der Waals surface area contributed by atoms with Gasteiger partial charge in [-0.3, -0.25) is 9.59 Å². The van der Waals surface area contributed by atoms with Crippen LogP contribution in [0.2, 0.25) is 0 Å². The molecule has 0 atom stereocenters. The molecule has 1 aliphatic rings. The molecule has 7 nitrogen and oxygen atoms in total. The first-order chi connectivity index (χ1) is 13.0. The number of rotatable bonds is 5. The normalized spacial score (nSPS) is 13.7. The summed E-state index contributed by atoms with van der Waals surface area (Å²) < 4.78 is 4.83. The van der Waals surface area contributed by atoms with Crippen LogP contribution in [-0.4, -0.2) is 36.4 Å². The fourth-order valence-electron chi connectivity index (χ4n) is 3.43. The first-order valence-corrected chi connectivity index (χ1v) is 8.98. The molecule has 1 aromatic heterocycles. The molecule has 1 aromatic carbocycles. The maximum atomic E-state index is 12.9. The van der Waals surface area contributed by atoms with Crippen LogP contribution in [-0.2, 0) is 16.0 Å². The second-order valence-electron chi connectivity index (χ2n) is 6.44. The van der Waals surface area contributed by atoms with Crippen LogP contribution < -0.4 is 10.2 Å². The van der Waals surface area contributed by atoms with Gasteiger partial charge in [0.25, 0.3) is 5.91 Å². The minimum atomic E-state index is -0.470. The first kappa shape index (κ1) is 18.7. The van der Waals surface area contributed by atoms with Crippen molar-refractivity contribution in [2.75, 3.05) is 23.9 Å². The molecule has 2 N–H and O–H groups in total. The Morgan fingerprint density at radius 3 is 2.67 bits per heavy atom. The Bertz CT molecular complexity index is 901. The minimum Gasteiger partial charge on any atom is -0.465 e. The van der Waals surface area contributed by atoms with Crippen LogP contribution in [0.1, 0.15) is 51.9 Å². The van der Waals surface area contributed by atoms with E-state index in [-0.39, 0.29) is 11.8 Å². The average molecular weight is 369 g/mol. The summed E-state index contributed by atoms with van der Waals surface area (Å²) in [7, 11) is 1.32. The number of benzene rings is 1. The smallest absolute Gasteiger partial charge is 0.339 e. The number of nitrogens with zero attached hydrogens (tertiary/aromatic N) is 1. The van der Waals surface area contributed by atoms with E-state index in [2.05, 4.69) is 10.3 Å². The van der Waals surface area contributed by atoms with Gasteiger partial charge in [0, 0.05) is 18.7 Å². The summed E-state index contributed by atoms with van der Waals surface area (Å²) >= 11 is 0. The number of hydrogen-bond donors (Lipinski definition) is 2. The molecule has 0 radical (unpaired) electrons. The standard InChI is InChI=1S/C20H23N3O4/c1-4-13-17(20(26)27-3)12(2)18(21-13)19(25)22-14-8-5-6-9-15(14)23-11-7-10-16(23)24/h5-6,8-9,21H,4,7,10-11H2,1-3H3,(H,22,25). The van der Waals surface area contributed by atoms with Gasteiger partial charge in [0.2, 0.25) is 5.91 Å². The Balaban J connectivity index is 1.92. The summed E-state index contributed by atoms with van der Waals surface area (Å²) in [5.41, 5.74) is 3.16. The van der Waals surface area contributed by atoms with E-state index in [1.807, 2.05) is 19.1 Å². The molecule has 7 heteroatoms. The largest absolute Gasteiger partial charge is 0.465 e. The number of anilines is 2. The van der Waals surface area contributed by atoms with Gasteiger partial charge in [-0.05, 0) is 37.5 Å². The molecule has 27 heavy (non-hydrogen) atoms. The van der Waals surface area contributed by atoms with Gasteiger partial charge < -0.3 is 19.9 Å². The highest BCUT2D eigenvalue weighted by molar-refractivity contribution is 6.09. The van der Waals surface area contributed by atoms with Crippen molar-refractivity contribution in [3.63, 3.8) is 0 Å². The zero-order chi connectivity index (χ0) is 19.6. The van der Waals surface area contributed by atoms with Gasteiger partial charge in [0.15, 0.2) is 0 Å². The fraction of sp³-hybridized carbons (Fsp3) is 0.350. The van der Waals surface area contributed by atoms with Crippen LogP contribution >= 0.6 is 0 Å². The minimum absolute atomic E-state index is 0.0500. The quantitative estimate of drug-likeness (QED) is 0.793. The van der Waals surface area contributed by atoms with Crippen LogP contribution in [0.25, 0.3) is 0 Å². The van der Waals surface area contributed by atoms with E-state index in [4.69, 9.17) is 4.74 Å². The van der Waals surface area contributed by atoms with Gasteiger partial charge in [-0.1, -0.05) is 19.1 Å². The zero-order valence-corrected chi connectivity index (χ0v) is 15.7. The SMILES string of the molecule is CCc1[nH]c(C(=O)Nc2ccccc2N2CCCC2=O)c(C)c1C(=O)OC. The number of esters is 1. The highest BCUT2D eigenvalue weighted by atomic mass is 16.5. The Labute approximate surface area is 157 Å². The number of aromatic amines is 1. The molecule has 0 bridgehead atoms. The Morgan fingerprint density at radius 1 is 1.30 bits per heavy atom. The monoisotopic (exact) mass is 369 g/mol. The molecule has 0 unspecified atom stereocenters. The number of carbonyl (C=O) groups is 3. The van der Waals surface area contributed by atoms with Gasteiger partial charge in [0.05, 0.1) is 24.0 Å². The predicted octanol–water partition coefficient (Wildman–Crippen LogP) is 3.05. The molecular formula is C20H23N3O4. The van der Waals surface area contributed by atoms with Crippen molar-refractivity contribution in [1.29, 1.82) is 0 Å². The summed E-state index contributed by atoms with van der Waals surface area (Å²) in [6.45, 7) is 4.25. The summed E-state index contributed by atoms with van der Waals surface area (Å²) in [6.07, 6.45) is 1.89. The number of para-hydroxylation sites is 2. The number of aromatic nitrogens is 1. The van der Waals surface area contributed by atoms with Gasteiger partial charge >= 0.3 is 5.97 Å². The maximum absolute atomic E-state index is 12.9. The van der Waals surface area contributed by atoms with E-state index in [9.17, 15) is 14.4 Å². The van der Waals surface area contributed by atoms with Crippen molar-refractivity contribution in [2.24, 2.45) is 0 Å². The molecule has 2 aromatic rings. The number of H-pyrrole nitrogens is 1. The Hall–Kier alpha value is -3.09. The molecule has 142 valence electrons. The summed E-state index contributed by atoms with van der Waals surface area (Å²) in [5.74, 6) is -0.784. The second-order valence-corrected chi connectivity index (χ2v) is 6.44. The van der Waals surface area contributed by atoms with Crippen LogP contribution in [0.5, 0.6) is 0 Å². The van der Waals surface area contributed by atoms with E-state index in [1.54, 1.807) is 24.0 Å². The molecule has 0 spiro atoms. The summed E-state index contributed by atoms with van der Waals surface area (Å²) in [5, 5.41) is 2.87. The zero-order valence-electron chi connectivity index (χ0n) is 15.7. The number of aryl methyl sites for hydroxylation is 1. The van der Waals surface area contributed by atoms with Gasteiger partial charge in [-0.25, -0.2) is 4.79 Å². The maximum Gasteiger partial charge on any atom is 0.339 e. The van der Waals surface area contributed by atoms with Crippen molar-refractivity contribution >= 4 is 29.2 Å². The number of amides is 2. The van der Waals surface area contributed by atoms with Crippen molar-refractivity contribution in [3.8, 4) is 0 Å². The lowest BCUT2D eigenvalue weighted by Crippen LogP contribution is -2.25. The topological polar surface area (TPSA) is 91.5 Å². The predicted molar refractivity (Wildman–Crippen MR) is 102 cm³/mol. The van der Waals surface area contributed by atoms with E-state index >= 15 is 0 Å². The van der Waals surface area contributed by atoms with E-state index < -0.39 is 5.97 Å². The Morgan fingerprint density at radius 2 is 2.04 bits per heavy atom. The van der Waals surface area contributed by atoms with Crippen LogP contribution in [0.15, 0.2) is 24.3 Å². The lowest BCUT2D eigenvalue weighted by molar-refractivity contribution is -0.117. The van der Waals surface area contributed by atoms with Crippen molar-refractivity contribution in [1.82, 2.24) is 4.98 Å².